The molecule has 2 aromatic heterocycles. The molecule has 2 heterocycles. The van der Waals surface area contributed by atoms with E-state index in [1.165, 1.54) is 17.0 Å². The summed E-state index contributed by atoms with van der Waals surface area (Å²) in [5, 5.41) is 29.0. The Bertz CT molecular complexity index is 1280. The number of carbonyl (C=O) groups excluding carboxylic acids is 1. The van der Waals surface area contributed by atoms with Gasteiger partial charge in [0.15, 0.2) is 5.69 Å². The lowest BCUT2D eigenvalue weighted by molar-refractivity contribution is 0.0950. The lowest BCUT2D eigenvalue weighted by atomic mass is 10.1. The maximum atomic E-state index is 12.8. The lowest BCUT2D eigenvalue weighted by Gasteiger charge is -2.06. The molecule has 0 aliphatic carbocycles. The van der Waals surface area contributed by atoms with Crippen LogP contribution in [0.15, 0.2) is 56.7 Å². The van der Waals surface area contributed by atoms with Crippen molar-refractivity contribution in [2.45, 2.75) is 6.92 Å². The van der Waals surface area contributed by atoms with Crippen molar-refractivity contribution in [1.29, 1.82) is 0 Å². The molecule has 0 saturated heterocycles. The van der Waals surface area contributed by atoms with Gasteiger partial charge in [0.25, 0.3) is 5.91 Å². The first kappa shape index (κ1) is 20.2. The van der Waals surface area contributed by atoms with E-state index in [4.69, 9.17) is 5.73 Å². The monoisotopic (exact) mass is 482 g/mol. The van der Waals surface area contributed by atoms with Crippen molar-refractivity contribution < 1.29 is 14.5 Å². The number of aryl methyl sites for hydroxylation is 1. The first-order chi connectivity index (χ1) is 14.9. The van der Waals surface area contributed by atoms with E-state index in [1.54, 1.807) is 12.1 Å². The molecule has 0 spiro atoms. The zero-order valence-electron chi connectivity index (χ0n) is 16.0. The molecule has 0 aliphatic heterocycles. The van der Waals surface area contributed by atoms with Gasteiger partial charge in [-0.1, -0.05) is 51.0 Å². The molecule has 0 saturated carbocycles. The topological polar surface area (TPSA) is 157 Å². The quantitative estimate of drug-likeness (QED) is 0.289. The van der Waals surface area contributed by atoms with Crippen LogP contribution in [0.5, 0.6) is 5.75 Å². The molecular weight excluding hydrogens is 468 g/mol. The number of phenolic OH excluding ortho intramolecular Hbond substituents is 1. The van der Waals surface area contributed by atoms with Crippen LogP contribution in [0.4, 0.5) is 5.82 Å². The van der Waals surface area contributed by atoms with E-state index in [0.717, 1.165) is 10.0 Å². The molecule has 0 unspecified atom stereocenters. The summed E-state index contributed by atoms with van der Waals surface area (Å²) in [6.45, 7) is 1.94. The third-order valence-corrected chi connectivity index (χ3v) is 4.76. The molecule has 1 amide bonds. The summed E-state index contributed by atoms with van der Waals surface area (Å²) >= 11 is 3.31. The van der Waals surface area contributed by atoms with Crippen molar-refractivity contribution in [3.8, 4) is 22.8 Å². The predicted molar refractivity (Wildman–Crippen MR) is 115 cm³/mol. The fourth-order valence-corrected chi connectivity index (χ4v) is 3.11. The Morgan fingerprint density at radius 3 is 2.74 bits per heavy atom. The molecule has 156 valence electrons. The normalized spacial score (nSPS) is 11.2. The molecule has 2 aromatic carbocycles. The summed E-state index contributed by atoms with van der Waals surface area (Å²) in [5.74, 6) is -0.512. The Hall–Kier alpha value is -4.06. The highest BCUT2D eigenvalue weighted by molar-refractivity contribution is 9.10. The second-order valence-corrected chi connectivity index (χ2v) is 7.36. The minimum absolute atomic E-state index is 0.00614. The highest BCUT2D eigenvalue weighted by atomic mass is 79.9. The van der Waals surface area contributed by atoms with Crippen LogP contribution in [0.2, 0.25) is 0 Å². The maximum absolute atomic E-state index is 12.8. The SMILES string of the molecule is Cc1ccc(-c2c(C(=O)NN=Cc3cc(Br)ccc3O)nnn2-c2nonc2N)cc1. The number of halogens is 1. The highest BCUT2D eigenvalue weighted by Crippen LogP contribution is 2.26. The molecule has 12 heteroatoms. The van der Waals surface area contributed by atoms with Gasteiger partial charge < -0.3 is 10.8 Å². The number of hydrogen-bond acceptors (Lipinski definition) is 9. The average molecular weight is 483 g/mol. The fraction of sp³-hybridized carbons (Fsp3) is 0.0526. The van der Waals surface area contributed by atoms with E-state index < -0.39 is 5.91 Å². The van der Waals surface area contributed by atoms with Crippen molar-refractivity contribution in [2.24, 2.45) is 5.10 Å². The average Bonchev–Trinajstić information content (AvgIpc) is 3.37. The van der Waals surface area contributed by atoms with Crippen molar-refractivity contribution in [2.75, 3.05) is 5.73 Å². The largest absolute Gasteiger partial charge is 0.507 e. The zero-order chi connectivity index (χ0) is 22.0. The summed E-state index contributed by atoms with van der Waals surface area (Å²) in [4.78, 5) is 12.8. The van der Waals surface area contributed by atoms with Crippen LogP contribution in [0.1, 0.15) is 21.6 Å². The van der Waals surface area contributed by atoms with Gasteiger partial charge in [-0.05, 0) is 35.4 Å². The van der Waals surface area contributed by atoms with Crippen molar-refractivity contribution in [3.05, 3.63) is 63.8 Å². The van der Waals surface area contributed by atoms with Crippen molar-refractivity contribution in [3.63, 3.8) is 0 Å². The molecule has 0 fully saturated rings. The van der Waals surface area contributed by atoms with Gasteiger partial charge in [-0.2, -0.15) is 9.78 Å². The molecular formula is C19H15BrN8O3. The minimum Gasteiger partial charge on any atom is -0.507 e. The Morgan fingerprint density at radius 1 is 1.26 bits per heavy atom. The van der Waals surface area contributed by atoms with Crippen LogP contribution in [0.25, 0.3) is 17.1 Å². The first-order valence-electron chi connectivity index (χ1n) is 8.87. The maximum Gasteiger partial charge on any atom is 0.294 e. The summed E-state index contributed by atoms with van der Waals surface area (Å²) < 4.78 is 6.67. The van der Waals surface area contributed by atoms with Gasteiger partial charge in [0.2, 0.25) is 11.6 Å². The second-order valence-electron chi connectivity index (χ2n) is 6.44. The highest BCUT2D eigenvalue weighted by Gasteiger charge is 2.25. The molecule has 0 bridgehead atoms. The molecule has 4 N–H and O–H groups in total. The van der Waals surface area contributed by atoms with E-state index in [0.29, 0.717) is 16.8 Å². The van der Waals surface area contributed by atoms with Crippen LogP contribution < -0.4 is 11.2 Å². The number of nitrogens with one attached hydrogen (secondary N) is 1. The Morgan fingerprint density at radius 2 is 2.03 bits per heavy atom. The number of benzene rings is 2. The van der Waals surface area contributed by atoms with E-state index in [9.17, 15) is 9.90 Å². The number of hydrazone groups is 1. The van der Waals surface area contributed by atoms with Crippen molar-refractivity contribution in [1.82, 2.24) is 30.7 Å². The minimum atomic E-state index is -0.623. The van der Waals surface area contributed by atoms with Gasteiger partial charge in [-0.15, -0.1) is 5.10 Å². The lowest BCUT2D eigenvalue weighted by Crippen LogP contribution is -2.19. The molecule has 4 aromatic rings. The van der Waals surface area contributed by atoms with Crippen molar-refractivity contribution >= 4 is 33.9 Å². The number of rotatable bonds is 5. The zero-order valence-corrected chi connectivity index (χ0v) is 17.6. The smallest absolute Gasteiger partial charge is 0.294 e. The van der Waals surface area contributed by atoms with Gasteiger partial charge in [0, 0.05) is 15.6 Å². The summed E-state index contributed by atoms with van der Waals surface area (Å²) in [6, 6.07) is 12.2. The molecule has 0 radical (unpaired) electrons. The number of nitrogen functional groups attached to an aromatic ring is 1. The van der Waals surface area contributed by atoms with Crippen LogP contribution >= 0.6 is 15.9 Å². The Labute approximate surface area is 183 Å². The summed E-state index contributed by atoms with van der Waals surface area (Å²) in [6.07, 6.45) is 1.31. The Balaban J connectivity index is 1.69. The van der Waals surface area contributed by atoms with E-state index in [1.807, 2.05) is 31.2 Å². The second kappa shape index (κ2) is 8.36. The van der Waals surface area contributed by atoms with Gasteiger partial charge in [0.1, 0.15) is 11.4 Å². The number of amides is 1. The number of hydrogen-bond donors (Lipinski definition) is 3. The van der Waals surface area contributed by atoms with E-state index in [-0.39, 0.29) is 23.1 Å². The van der Waals surface area contributed by atoms with Gasteiger partial charge in [-0.3, -0.25) is 4.79 Å². The number of aromatic nitrogens is 5. The third kappa shape index (κ3) is 4.14. The fourth-order valence-electron chi connectivity index (χ4n) is 2.73. The summed E-state index contributed by atoms with van der Waals surface area (Å²) in [7, 11) is 0. The molecule has 11 nitrogen and oxygen atoms in total. The number of aromatic hydroxyl groups is 1. The van der Waals surface area contributed by atoms with E-state index in [2.05, 4.69) is 51.7 Å². The molecule has 0 atom stereocenters. The van der Waals surface area contributed by atoms with E-state index >= 15 is 0 Å². The number of nitrogens with zero attached hydrogens (tertiary/aromatic N) is 6. The number of carbonyl (C=O) groups is 1. The number of anilines is 1. The molecule has 4 rings (SSSR count). The first-order valence-corrected chi connectivity index (χ1v) is 9.66. The van der Waals surface area contributed by atoms with Gasteiger partial charge >= 0.3 is 0 Å². The van der Waals surface area contributed by atoms with Crippen LogP contribution in [-0.4, -0.2) is 42.5 Å². The number of nitrogens with two attached hydrogens (primary N) is 1. The third-order valence-electron chi connectivity index (χ3n) is 4.27. The van der Waals surface area contributed by atoms with Crippen LogP contribution in [0, 0.1) is 6.92 Å². The summed E-state index contributed by atoms with van der Waals surface area (Å²) in [5.41, 5.74) is 10.6. The van der Waals surface area contributed by atoms with Crippen LogP contribution in [0.3, 0.4) is 0 Å². The Kier molecular flexibility index (Phi) is 5.45. The molecule has 31 heavy (non-hydrogen) atoms. The number of phenols is 1. The van der Waals surface area contributed by atoms with Gasteiger partial charge in [0.05, 0.1) is 6.21 Å². The van der Waals surface area contributed by atoms with Gasteiger partial charge in [-0.25, -0.2) is 10.1 Å². The van der Waals surface area contributed by atoms with Crippen LogP contribution in [-0.2, 0) is 0 Å². The predicted octanol–water partition coefficient (Wildman–Crippen LogP) is 2.44. The standard InChI is InChI=1S/C19H15BrN8O3/c1-10-2-4-11(5-3-10)16-15(23-27-28(16)18-17(21)25-31-26-18)19(30)24-22-9-12-8-13(20)6-7-14(12)29/h2-9,29H,1H3,(H2,21,25)(H,24,30). The molecule has 0 aliphatic rings.